The fourth-order valence-corrected chi connectivity index (χ4v) is 4.96. The lowest BCUT2D eigenvalue weighted by atomic mass is 10.0. The van der Waals surface area contributed by atoms with Crippen LogP contribution in [0.4, 0.5) is 24.7 Å². The third-order valence-corrected chi connectivity index (χ3v) is 7.43. The van der Waals surface area contributed by atoms with Crippen molar-refractivity contribution < 1.29 is 27.5 Å². The van der Waals surface area contributed by atoms with Crippen LogP contribution in [0.5, 0.6) is 0 Å². The summed E-state index contributed by atoms with van der Waals surface area (Å²) in [4.78, 5) is 39.5. The Morgan fingerprint density at radius 3 is 2.66 bits per heavy atom. The Hall–Kier alpha value is -3.13. The molecule has 1 amide bonds. The van der Waals surface area contributed by atoms with E-state index in [0.29, 0.717) is 43.4 Å². The number of carbonyl (C=O) groups is 2. The number of hydrogen-bond donors (Lipinski definition) is 2. The number of amides is 1. The number of carbonyl (C=O) groups excluding carboxylic acids is 2. The Labute approximate surface area is 225 Å². The molecule has 0 saturated carbocycles. The SMILES string of the molecule is CC(CC(=O)c1ncnc(N)c1Cl)c1ncc(C(=O)Nc2cc(CN3CCOCC3)cc(C(F)(F)F)c2)s1. The van der Waals surface area contributed by atoms with Gasteiger partial charge in [0, 0.05) is 37.7 Å². The second-order valence-corrected chi connectivity index (χ2v) is 10.2. The topological polar surface area (TPSA) is 123 Å². The minimum atomic E-state index is -4.57. The van der Waals surface area contributed by atoms with Crippen molar-refractivity contribution >= 4 is 46.1 Å². The fraction of sp³-hybridized carbons (Fsp3) is 0.375. The molecule has 1 aromatic carbocycles. The van der Waals surface area contributed by atoms with Gasteiger partial charge in [-0.15, -0.1) is 11.3 Å². The van der Waals surface area contributed by atoms with Crippen LogP contribution >= 0.6 is 22.9 Å². The Bertz CT molecular complexity index is 1330. The summed E-state index contributed by atoms with van der Waals surface area (Å²) in [7, 11) is 0. The van der Waals surface area contributed by atoms with E-state index in [4.69, 9.17) is 22.1 Å². The molecular formula is C24H24ClF3N6O3S. The van der Waals surface area contributed by atoms with E-state index in [-0.39, 0.29) is 45.2 Å². The van der Waals surface area contributed by atoms with E-state index < -0.39 is 17.6 Å². The van der Waals surface area contributed by atoms with E-state index in [1.807, 2.05) is 4.90 Å². The van der Waals surface area contributed by atoms with Crippen LogP contribution in [0.2, 0.25) is 5.02 Å². The monoisotopic (exact) mass is 568 g/mol. The molecule has 14 heteroatoms. The molecule has 0 radical (unpaired) electrons. The summed E-state index contributed by atoms with van der Waals surface area (Å²) in [6.45, 7) is 4.30. The number of halogens is 4. The summed E-state index contributed by atoms with van der Waals surface area (Å²) >= 11 is 7.07. The van der Waals surface area contributed by atoms with Gasteiger partial charge in [-0.25, -0.2) is 15.0 Å². The van der Waals surface area contributed by atoms with E-state index in [1.54, 1.807) is 6.92 Å². The Balaban J connectivity index is 1.46. The Morgan fingerprint density at radius 2 is 1.95 bits per heavy atom. The maximum Gasteiger partial charge on any atom is 0.416 e. The van der Waals surface area contributed by atoms with Crippen LogP contribution in [0.1, 0.15) is 55.6 Å². The highest BCUT2D eigenvalue weighted by Gasteiger charge is 2.32. The average molecular weight is 569 g/mol. The molecule has 9 nitrogen and oxygen atoms in total. The van der Waals surface area contributed by atoms with Gasteiger partial charge in [-0.05, 0) is 23.8 Å². The number of anilines is 2. The zero-order chi connectivity index (χ0) is 27.4. The lowest BCUT2D eigenvalue weighted by Gasteiger charge is -2.27. The molecule has 0 spiro atoms. The number of aromatic nitrogens is 3. The van der Waals surface area contributed by atoms with Crippen LogP contribution in [-0.4, -0.2) is 57.8 Å². The summed E-state index contributed by atoms with van der Waals surface area (Å²) < 4.78 is 45.9. The van der Waals surface area contributed by atoms with Crippen LogP contribution in [0, 0.1) is 0 Å². The number of rotatable bonds is 8. The molecule has 1 unspecified atom stereocenters. The van der Waals surface area contributed by atoms with E-state index >= 15 is 0 Å². The van der Waals surface area contributed by atoms with Gasteiger partial charge in [0.15, 0.2) is 5.78 Å². The van der Waals surface area contributed by atoms with Gasteiger partial charge in [0.2, 0.25) is 0 Å². The predicted octanol–water partition coefficient (Wildman–Crippen LogP) is 4.65. The van der Waals surface area contributed by atoms with Gasteiger partial charge in [0.25, 0.3) is 5.91 Å². The number of nitrogen functional groups attached to an aromatic ring is 1. The standard InChI is InChI=1S/C24H24ClF3N6O3S/c1-13(6-17(35)20-19(25)21(29)32-12-31-20)23-30-10-18(38-23)22(36)33-16-8-14(7-15(9-16)24(26,27)28)11-34-2-4-37-5-3-34/h7-10,12-13H,2-6,11H2,1H3,(H,33,36)(H2,29,31,32). The van der Waals surface area contributed by atoms with Crippen molar-refractivity contribution in [2.45, 2.75) is 32.0 Å². The molecular weight excluding hydrogens is 545 g/mol. The van der Waals surface area contributed by atoms with Gasteiger partial charge >= 0.3 is 6.18 Å². The first-order chi connectivity index (χ1) is 18.0. The smallest absolute Gasteiger partial charge is 0.382 e. The zero-order valence-electron chi connectivity index (χ0n) is 20.2. The van der Waals surface area contributed by atoms with Crippen molar-refractivity contribution in [3.05, 3.63) is 62.5 Å². The van der Waals surface area contributed by atoms with E-state index in [2.05, 4.69) is 20.3 Å². The van der Waals surface area contributed by atoms with E-state index in [0.717, 1.165) is 29.8 Å². The average Bonchev–Trinajstić information content (AvgIpc) is 3.36. The van der Waals surface area contributed by atoms with Crippen molar-refractivity contribution in [2.75, 3.05) is 37.4 Å². The predicted molar refractivity (Wildman–Crippen MR) is 136 cm³/mol. The number of thiazole rings is 1. The molecule has 4 rings (SSSR count). The van der Waals surface area contributed by atoms with Gasteiger partial charge in [-0.1, -0.05) is 18.5 Å². The third kappa shape index (κ3) is 6.84. The zero-order valence-corrected chi connectivity index (χ0v) is 21.8. The molecule has 1 atom stereocenters. The molecule has 1 fully saturated rings. The van der Waals surface area contributed by atoms with Crippen molar-refractivity contribution in [3.8, 4) is 0 Å². The van der Waals surface area contributed by atoms with Gasteiger partial charge < -0.3 is 15.8 Å². The highest BCUT2D eigenvalue weighted by Crippen LogP contribution is 2.33. The fourth-order valence-electron chi connectivity index (χ4n) is 3.89. The molecule has 3 N–H and O–H groups in total. The molecule has 1 saturated heterocycles. The van der Waals surface area contributed by atoms with Crippen molar-refractivity contribution in [3.63, 3.8) is 0 Å². The van der Waals surface area contributed by atoms with Crippen LogP contribution in [-0.2, 0) is 17.5 Å². The first-order valence-corrected chi connectivity index (χ1v) is 12.8. The van der Waals surface area contributed by atoms with Crippen LogP contribution in [0.25, 0.3) is 0 Å². The maximum atomic E-state index is 13.5. The van der Waals surface area contributed by atoms with Crippen molar-refractivity contribution in [1.82, 2.24) is 19.9 Å². The minimum absolute atomic E-state index is 0.00188. The minimum Gasteiger partial charge on any atom is -0.382 e. The molecule has 3 heterocycles. The largest absolute Gasteiger partial charge is 0.416 e. The second-order valence-electron chi connectivity index (χ2n) is 8.77. The number of nitrogens with two attached hydrogens (primary N) is 1. The second kappa shape index (κ2) is 11.7. The van der Waals surface area contributed by atoms with E-state index in [9.17, 15) is 22.8 Å². The van der Waals surface area contributed by atoms with E-state index in [1.165, 1.54) is 12.3 Å². The number of benzene rings is 1. The normalized spacial score (nSPS) is 15.3. The Morgan fingerprint density at radius 1 is 1.21 bits per heavy atom. The van der Waals surface area contributed by atoms with Gasteiger partial charge in [0.1, 0.15) is 27.7 Å². The number of alkyl halides is 3. The summed E-state index contributed by atoms with van der Waals surface area (Å²) in [5, 5.41) is 3.02. The van der Waals surface area contributed by atoms with Crippen LogP contribution < -0.4 is 11.1 Å². The van der Waals surface area contributed by atoms with Gasteiger partial charge in [0.05, 0.1) is 30.0 Å². The number of morpholine rings is 1. The molecule has 3 aromatic rings. The number of ether oxygens (including phenoxy) is 1. The summed E-state index contributed by atoms with van der Waals surface area (Å²) in [5.74, 6) is -1.35. The van der Waals surface area contributed by atoms with Gasteiger partial charge in [-0.2, -0.15) is 13.2 Å². The molecule has 1 aliphatic heterocycles. The lowest BCUT2D eigenvalue weighted by molar-refractivity contribution is -0.137. The highest BCUT2D eigenvalue weighted by molar-refractivity contribution is 7.13. The number of hydrogen-bond acceptors (Lipinski definition) is 9. The summed E-state index contributed by atoms with van der Waals surface area (Å²) in [5.41, 5.74) is 5.24. The van der Waals surface area contributed by atoms with Crippen molar-refractivity contribution in [2.24, 2.45) is 0 Å². The molecule has 2 aromatic heterocycles. The first kappa shape index (κ1) is 27.9. The highest BCUT2D eigenvalue weighted by atomic mass is 35.5. The molecule has 0 aliphatic carbocycles. The maximum absolute atomic E-state index is 13.5. The number of nitrogens with zero attached hydrogens (tertiary/aromatic N) is 4. The summed E-state index contributed by atoms with van der Waals surface area (Å²) in [6, 6.07) is 3.52. The molecule has 1 aliphatic rings. The van der Waals surface area contributed by atoms with Crippen LogP contribution in [0.3, 0.4) is 0 Å². The van der Waals surface area contributed by atoms with Crippen molar-refractivity contribution in [1.29, 1.82) is 0 Å². The molecule has 0 bridgehead atoms. The first-order valence-electron chi connectivity index (χ1n) is 11.6. The lowest BCUT2D eigenvalue weighted by Crippen LogP contribution is -2.35. The molecule has 202 valence electrons. The number of Topliss-reactive ketones (excluding diaryl/α,β-unsaturated/α-hetero) is 1. The quantitative estimate of drug-likeness (QED) is 0.376. The van der Waals surface area contributed by atoms with Crippen LogP contribution in [0.15, 0.2) is 30.7 Å². The number of nitrogens with one attached hydrogen (secondary N) is 1. The Kier molecular flexibility index (Phi) is 8.61. The third-order valence-electron chi connectivity index (χ3n) is 5.83. The molecule has 38 heavy (non-hydrogen) atoms. The number of ketones is 1. The van der Waals surface area contributed by atoms with Gasteiger partial charge in [-0.3, -0.25) is 14.5 Å². The summed E-state index contributed by atoms with van der Waals surface area (Å²) in [6.07, 6.45) is -2.10.